The lowest BCUT2D eigenvalue weighted by molar-refractivity contribution is -0.138. The Kier molecular flexibility index (Phi) is 5.15. The summed E-state index contributed by atoms with van der Waals surface area (Å²) in [5.74, 6) is -1.25. The van der Waals surface area contributed by atoms with Gasteiger partial charge in [-0.1, -0.05) is 30.3 Å². The summed E-state index contributed by atoms with van der Waals surface area (Å²) >= 11 is 0. The maximum absolute atomic E-state index is 11.4. The molecule has 0 amide bonds. The van der Waals surface area contributed by atoms with E-state index in [9.17, 15) is 9.90 Å². The number of hydrogen-bond donors (Lipinski definition) is 2. The van der Waals surface area contributed by atoms with E-state index in [1.165, 1.54) is 12.8 Å². The SMILES string of the molecule is CC(CNCC(C(=O)O)c1ccccc1)N(C)C1CC1. The molecule has 20 heavy (non-hydrogen) atoms. The molecule has 1 aliphatic carbocycles. The van der Waals surface area contributed by atoms with Crippen LogP contribution in [-0.4, -0.2) is 48.2 Å². The number of aliphatic carboxylic acids is 1. The van der Waals surface area contributed by atoms with Crippen molar-refractivity contribution in [2.75, 3.05) is 20.1 Å². The van der Waals surface area contributed by atoms with Crippen molar-refractivity contribution in [3.63, 3.8) is 0 Å². The van der Waals surface area contributed by atoms with Gasteiger partial charge >= 0.3 is 5.97 Å². The summed E-state index contributed by atoms with van der Waals surface area (Å²) in [5.41, 5.74) is 0.857. The van der Waals surface area contributed by atoms with Crippen molar-refractivity contribution < 1.29 is 9.90 Å². The minimum Gasteiger partial charge on any atom is -0.481 e. The second kappa shape index (κ2) is 6.86. The van der Waals surface area contributed by atoms with Crippen LogP contribution in [0.5, 0.6) is 0 Å². The summed E-state index contributed by atoms with van der Waals surface area (Å²) in [4.78, 5) is 13.8. The topological polar surface area (TPSA) is 52.6 Å². The summed E-state index contributed by atoms with van der Waals surface area (Å²) in [6.45, 7) is 3.48. The van der Waals surface area contributed by atoms with Crippen LogP contribution in [0.15, 0.2) is 30.3 Å². The highest BCUT2D eigenvalue weighted by Crippen LogP contribution is 2.26. The highest BCUT2D eigenvalue weighted by atomic mass is 16.4. The Bertz CT molecular complexity index is 431. The number of hydrogen-bond acceptors (Lipinski definition) is 3. The Morgan fingerprint density at radius 3 is 2.55 bits per heavy atom. The van der Waals surface area contributed by atoms with Gasteiger partial charge in [0.2, 0.25) is 0 Å². The number of rotatable bonds is 8. The Morgan fingerprint density at radius 1 is 1.35 bits per heavy atom. The van der Waals surface area contributed by atoms with Crippen LogP contribution in [0.25, 0.3) is 0 Å². The molecule has 110 valence electrons. The van der Waals surface area contributed by atoms with Crippen LogP contribution in [-0.2, 0) is 4.79 Å². The molecule has 0 spiro atoms. The summed E-state index contributed by atoms with van der Waals surface area (Å²) in [6.07, 6.45) is 2.59. The predicted molar refractivity (Wildman–Crippen MR) is 79.9 cm³/mol. The number of benzene rings is 1. The molecule has 1 aliphatic rings. The lowest BCUT2D eigenvalue weighted by atomic mass is 9.99. The minimum absolute atomic E-state index is 0.438. The van der Waals surface area contributed by atoms with Crippen molar-refractivity contribution in [3.8, 4) is 0 Å². The summed E-state index contributed by atoms with van der Waals surface area (Å²) in [5, 5.41) is 12.7. The maximum atomic E-state index is 11.4. The zero-order valence-electron chi connectivity index (χ0n) is 12.2. The van der Waals surface area contributed by atoms with E-state index < -0.39 is 11.9 Å². The fraction of sp³-hybridized carbons (Fsp3) is 0.562. The first-order valence-corrected chi connectivity index (χ1v) is 7.30. The highest BCUT2D eigenvalue weighted by Gasteiger charge is 2.29. The monoisotopic (exact) mass is 276 g/mol. The van der Waals surface area contributed by atoms with Crippen molar-refractivity contribution in [3.05, 3.63) is 35.9 Å². The van der Waals surface area contributed by atoms with Crippen molar-refractivity contribution in [1.82, 2.24) is 10.2 Å². The molecule has 2 N–H and O–H groups in total. The molecule has 0 heterocycles. The standard InChI is InChI=1S/C16H24N2O2/c1-12(18(2)14-8-9-14)10-17-11-15(16(19)20)13-6-4-3-5-7-13/h3-7,12,14-15,17H,8-11H2,1-2H3,(H,19,20). The minimum atomic E-state index is -0.771. The van der Waals surface area contributed by atoms with Crippen LogP contribution in [0.4, 0.5) is 0 Å². The van der Waals surface area contributed by atoms with Gasteiger partial charge in [0.1, 0.15) is 0 Å². The van der Waals surface area contributed by atoms with Gasteiger partial charge in [-0.15, -0.1) is 0 Å². The average Bonchev–Trinajstić information content (AvgIpc) is 3.27. The number of carboxylic acid groups (broad SMARTS) is 1. The molecule has 0 aromatic heterocycles. The predicted octanol–water partition coefficient (Wildman–Crippen LogP) is 1.93. The van der Waals surface area contributed by atoms with Crippen LogP contribution in [0.2, 0.25) is 0 Å². The molecule has 2 rings (SSSR count). The largest absolute Gasteiger partial charge is 0.481 e. The first kappa shape index (κ1) is 15.0. The second-order valence-electron chi connectivity index (χ2n) is 5.71. The van der Waals surface area contributed by atoms with Crippen LogP contribution in [0.1, 0.15) is 31.2 Å². The lowest BCUT2D eigenvalue weighted by Gasteiger charge is -2.25. The molecular weight excluding hydrogens is 252 g/mol. The van der Waals surface area contributed by atoms with Gasteiger partial charge < -0.3 is 10.4 Å². The number of nitrogens with zero attached hydrogens (tertiary/aromatic N) is 1. The van der Waals surface area contributed by atoms with E-state index in [0.29, 0.717) is 12.6 Å². The Morgan fingerprint density at radius 2 is 2.00 bits per heavy atom. The molecule has 0 bridgehead atoms. The van der Waals surface area contributed by atoms with Gasteiger partial charge in [0.05, 0.1) is 5.92 Å². The number of nitrogens with one attached hydrogen (secondary N) is 1. The first-order chi connectivity index (χ1) is 9.59. The molecular formula is C16H24N2O2. The molecule has 4 nitrogen and oxygen atoms in total. The van der Waals surface area contributed by atoms with E-state index in [1.54, 1.807) is 0 Å². The molecule has 1 aromatic carbocycles. The fourth-order valence-electron chi connectivity index (χ4n) is 2.46. The van der Waals surface area contributed by atoms with Gasteiger partial charge in [-0.2, -0.15) is 0 Å². The lowest BCUT2D eigenvalue weighted by Crippen LogP contribution is -2.40. The molecule has 1 saturated carbocycles. The number of carbonyl (C=O) groups is 1. The molecule has 1 aromatic rings. The van der Waals surface area contributed by atoms with Crippen molar-refractivity contribution in [1.29, 1.82) is 0 Å². The van der Waals surface area contributed by atoms with Gasteiger partial charge in [-0.05, 0) is 32.4 Å². The van der Waals surface area contributed by atoms with Crippen LogP contribution >= 0.6 is 0 Å². The third-order valence-corrected chi connectivity index (χ3v) is 4.11. The van der Waals surface area contributed by atoms with Crippen molar-refractivity contribution >= 4 is 5.97 Å². The maximum Gasteiger partial charge on any atom is 0.312 e. The van der Waals surface area contributed by atoms with Crippen LogP contribution in [0.3, 0.4) is 0 Å². The Labute approximate surface area is 120 Å². The van der Waals surface area contributed by atoms with Gasteiger partial charge in [0.15, 0.2) is 0 Å². The van der Waals surface area contributed by atoms with Gasteiger partial charge in [-0.3, -0.25) is 9.69 Å². The molecule has 2 atom stereocenters. The van der Waals surface area contributed by atoms with Gasteiger partial charge in [0, 0.05) is 25.2 Å². The second-order valence-corrected chi connectivity index (χ2v) is 5.71. The van der Waals surface area contributed by atoms with Crippen molar-refractivity contribution in [2.45, 2.75) is 37.8 Å². The Hall–Kier alpha value is -1.39. The summed E-state index contributed by atoms with van der Waals surface area (Å²) < 4.78 is 0. The van der Waals surface area contributed by atoms with E-state index >= 15 is 0 Å². The number of likely N-dealkylation sites (N-methyl/N-ethyl adjacent to an activating group) is 1. The molecule has 0 aliphatic heterocycles. The van der Waals surface area contributed by atoms with E-state index in [-0.39, 0.29) is 0 Å². The summed E-state index contributed by atoms with van der Waals surface area (Å²) in [6, 6.07) is 10.6. The molecule has 2 unspecified atom stereocenters. The van der Waals surface area contributed by atoms with E-state index in [2.05, 4.69) is 24.2 Å². The van der Waals surface area contributed by atoms with Gasteiger partial charge in [0.25, 0.3) is 0 Å². The number of carboxylic acids is 1. The zero-order chi connectivity index (χ0) is 14.5. The van der Waals surface area contributed by atoms with Gasteiger partial charge in [-0.25, -0.2) is 0 Å². The average molecular weight is 276 g/mol. The third kappa shape index (κ3) is 4.05. The molecule has 4 heteroatoms. The highest BCUT2D eigenvalue weighted by molar-refractivity contribution is 5.76. The quantitative estimate of drug-likeness (QED) is 0.762. The fourth-order valence-corrected chi connectivity index (χ4v) is 2.46. The van der Waals surface area contributed by atoms with E-state index in [0.717, 1.165) is 18.2 Å². The normalized spacial score (nSPS) is 17.9. The molecule has 0 saturated heterocycles. The van der Waals surface area contributed by atoms with E-state index in [4.69, 9.17) is 0 Å². The molecule has 0 radical (unpaired) electrons. The summed E-state index contributed by atoms with van der Waals surface area (Å²) in [7, 11) is 2.15. The van der Waals surface area contributed by atoms with Crippen LogP contribution < -0.4 is 5.32 Å². The van der Waals surface area contributed by atoms with Crippen molar-refractivity contribution in [2.24, 2.45) is 0 Å². The van der Waals surface area contributed by atoms with Crippen LogP contribution in [0, 0.1) is 0 Å². The Balaban J connectivity index is 1.82. The zero-order valence-corrected chi connectivity index (χ0v) is 12.2. The first-order valence-electron chi connectivity index (χ1n) is 7.30. The molecule has 1 fully saturated rings. The smallest absolute Gasteiger partial charge is 0.312 e. The van der Waals surface area contributed by atoms with E-state index in [1.807, 2.05) is 30.3 Å². The third-order valence-electron chi connectivity index (χ3n) is 4.11.